The molecule has 1 heterocycles. The molecule has 0 unspecified atom stereocenters. The molecule has 0 spiro atoms. The minimum Gasteiger partial charge on any atom is -0.472 e. The van der Waals surface area contributed by atoms with E-state index in [9.17, 15) is 8.42 Å². The summed E-state index contributed by atoms with van der Waals surface area (Å²) in [4.78, 5) is 0.246. The van der Waals surface area contributed by atoms with Crippen LogP contribution in [0.1, 0.15) is 11.1 Å². The molecule has 0 saturated heterocycles. The molecule has 1 aromatic heterocycles. The zero-order valence-corrected chi connectivity index (χ0v) is 11.6. The fourth-order valence-electron chi connectivity index (χ4n) is 1.67. The predicted molar refractivity (Wildman–Crippen MR) is 73.5 cm³/mol. The van der Waals surface area contributed by atoms with E-state index in [1.54, 1.807) is 30.7 Å². The Morgan fingerprint density at radius 3 is 2.68 bits per heavy atom. The minimum atomic E-state index is -3.42. The summed E-state index contributed by atoms with van der Waals surface area (Å²) < 4.78 is 30.8. The van der Waals surface area contributed by atoms with Crippen molar-refractivity contribution >= 4 is 15.7 Å². The average Bonchev–Trinajstić information content (AvgIpc) is 2.90. The first-order valence-corrected chi connectivity index (χ1v) is 7.30. The highest BCUT2D eigenvalue weighted by atomic mass is 32.2. The van der Waals surface area contributed by atoms with Crippen LogP contribution in [0.5, 0.6) is 0 Å². The highest BCUT2D eigenvalue weighted by Gasteiger charge is 2.12. The van der Waals surface area contributed by atoms with Crippen LogP contribution >= 0.6 is 0 Å². The molecule has 0 fully saturated rings. The van der Waals surface area contributed by atoms with Gasteiger partial charge in [0.2, 0.25) is 10.0 Å². The normalized spacial score (nSPS) is 11.5. The maximum Gasteiger partial charge on any atom is 0.240 e. The van der Waals surface area contributed by atoms with Gasteiger partial charge in [-0.15, -0.1) is 0 Å². The molecule has 0 atom stereocenters. The van der Waals surface area contributed by atoms with Gasteiger partial charge in [0.05, 0.1) is 17.4 Å². The summed E-state index contributed by atoms with van der Waals surface area (Å²) in [6, 6.07) is 6.85. The minimum absolute atomic E-state index is 0.246. The number of hydrogen-bond donors (Lipinski definition) is 2. The lowest BCUT2D eigenvalue weighted by Gasteiger charge is -2.11. The van der Waals surface area contributed by atoms with Gasteiger partial charge in [0, 0.05) is 17.8 Å². The number of anilines is 1. The Balaban J connectivity index is 2.22. The molecule has 2 aromatic rings. The summed E-state index contributed by atoms with van der Waals surface area (Å²) >= 11 is 0. The predicted octanol–water partition coefficient (Wildman–Crippen LogP) is 2.11. The molecule has 0 bridgehead atoms. The molecule has 0 amide bonds. The van der Waals surface area contributed by atoms with Crippen molar-refractivity contribution in [3.05, 3.63) is 47.9 Å². The molecule has 19 heavy (non-hydrogen) atoms. The fourth-order valence-corrected chi connectivity index (χ4v) is 2.42. The summed E-state index contributed by atoms with van der Waals surface area (Å²) in [5, 5.41) is 3.20. The number of aryl methyl sites for hydroxylation is 1. The molecular formula is C13H16N2O3S. The summed E-state index contributed by atoms with van der Waals surface area (Å²) in [6.07, 6.45) is 3.25. The van der Waals surface area contributed by atoms with E-state index in [0.717, 1.165) is 16.8 Å². The largest absolute Gasteiger partial charge is 0.472 e. The van der Waals surface area contributed by atoms with E-state index in [1.165, 1.54) is 7.05 Å². The molecule has 0 aliphatic rings. The molecule has 0 aliphatic carbocycles. The Bertz CT molecular complexity index is 649. The second-order valence-corrected chi connectivity index (χ2v) is 6.06. The van der Waals surface area contributed by atoms with Crippen LogP contribution in [-0.2, 0) is 16.6 Å². The third-order valence-corrected chi connectivity index (χ3v) is 4.26. The molecule has 2 rings (SSSR count). The third kappa shape index (κ3) is 3.15. The van der Waals surface area contributed by atoms with Crippen molar-refractivity contribution < 1.29 is 12.8 Å². The van der Waals surface area contributed by atoms with Gasteiger partial charge in [0.25, 0.3) is 0 Å². The zero-order chi connectivity index (χ0) is 13.9. The van der Waals surface area contributed by atoms with Gasteiger partial charge in [0.1, 0.15) is 0 Å². The number of furan rings is 1. The van der Waals surface area contributed by atoms with Crippen molar-refractivity contribution in [2.24, 2.45) is 0 Å². The maximum absolute atomic E-state index is 11.7. The van der Waals surface area contributed by atoms with Crippen molar-refractivity contribution in [2.75, 3.05) is 12.4 Å². The Hall–Kier alpha value is -1.79. The van der Waals surface area contributed by atoms with Gasteiger partial charge < -0.3 is 9.73 Å². The van der Waals surface area contributed by atoms with Crippen LogP contribution in [0.15, 0.2) is 46.1 Å². The van der Waals surface area contributed by atoms with Gasteiger partial charge in [-0.2, -0.15) is 0 Å². The Morgan fingerprint density at radius 2 is 2.05 bits per heavy atom. The lowest BCUT2D eigenvalue weighted by atomic mass is 10.2. The standard InChI is InChI=1S/C13H16N2O3S/c1-10-3-4-12(19(16,17)14-2)7-13(10)15-8-11-5-6-18-9-11/h3-7,9,14-15H,8H2,1-2H3. The Labute approximate surface area is 112 Å². The van der Waals surface area contributed by atoms with Crippen LogP contribution in [0.3, 0.4) is 0 Å². The number of rotatable bonds is 5. The third-order valence-electron chi connectivity index (χ3n) is 2.85. The molecule has 0 radical (unpaired) electrons. The molecule has 1 aromatic carbocycles. The van der Waals surface area contributed by atoms with Crippen LogP contribution in [0, 0.1) is 6.92 Å². The first-order chi connectivity index (χ1) is 9.03. The summed E-state index contributed by atoms with van der Waals surface area (Å²) in [7, 11) is -2.02. The smallest absolute Gasteiger partial charge is 0.240 e. The van der Waals surface area contributed by atoms with Crippen LogP contribution in [-0.4, -0.2) is 15.5 Å². The second kappa shape index (κ2) is 5.46. The number of sulfonamides is 1. The van der Waals surface area contributed by atoms with Crippen LogP contribution in [0.25, 0.3) is 0 Å². The molecule has 2 N–H and O–H groups in total. The van der Waals surface area contributed by atoms with Gasteiger partial charge in [-0.25, -0.2) is 13.1 Å². The van der Waals surface area contributed by atoms with Crippen molar-refractivity contribution in [1.82, 2.24) is 4.72 Å². The molecule has 6 heteroatoms. The van der Waals surface area contributed by atoms with Gasteiger partial charge >= 0.3 is 0 Å². The highest BCUT2D eigenvalue weighted by molar-refractivity contribution is 7.89. The second-order valence-electron chi connectivity index (χ2n) is 4.17. The van der Waals surface area contributed by atoms with E-state index in [4.69, 9.17) is 4.42 Å². The monoisotopic (exact) mass is 280 g/mol. The van der Waals surface area contributed by atoms with E-state index < -0.39 is 10.0 Å². The SMILES string of the molecule is CNS(=O)(=O)c1ccc(C)c(NCc2ccoc2)c1. The van der Waals surface area contributed by atoms with E-state index in [2.05, 4.69) is 10.0 Å². The Kier molecular flexibility index (Phi) is 3.92. The van der Waals surface area contributed by atoms with E-state index >= 15 is 0 Å². The molecule has 5 nitrogen and oxygen atoms in total. The quantitative estimate of drug-likeness (QED) is 0.880. The van der Waals surface area contributed by atoms with Gasteiger partial charge in [-0.05, 0) is 37.7 Å². The first kappa shape index (κ1) is 13.6. The topological polar surface area (TPSA) is 71.3 Å². The highest BCUT2D eigenvalue weighted by Crippen LogP contribution is 2.20. The van der Waals surface area contributed by atoms with Gasteiger partial charge in [-0.3, -0.25) is 0 Å². The molecule has 0 saturated carbocycles. The van der Waals surface area contributed by atoms with Crippen molar-refractivity contribution in [3.8, 4) is 0 Å². The lowest BCUT2D eigenvalue weighted by molar-refractivity contribution is 0.564. The van der Waals surface area contributed by atoms with Crippen molar-refractivity contribution in [3.63, 3.8) is 0 Å². The van der Waals surface area contributed by atoms with Gasteiger partial charge in [0.15, 0.2) is 0 Å². The van der Waals surface area contributed by atoms with Crippen LogP contribution in [0.4, 0.5) is 5.69 Å². The molecule has 0 aliphatic heterocycles. The Morgan fingerprint density at radius 1 is 1.26 bits per heavy atom. The van der Waals surface area contributed by atoms with Crippen molar-refractivity contribution in [2.45, 2.75) is 18.4 Å². The van der Waals surface area contributed by atoms with Gasteiger partial charge in [-0.1, -0.05) is 6.07 Å². The van der Waals surface area contributed by atoms with Crippen LogP contribution < -0.4 is 10.0 Å². The molecular weight excluding hydrogens is 264 g/mol. The lowest BCUT2D eigenvalue weighted by Crippen LogP contribution is -2.18. The average molecular weight is 280 g/mol. The van der Waals surface area contributed by atoms with Crippen LogP contribution in [0.2, 0.25) is 0 Å². The summed E-state index contributed by atoms with van der Waals surface area (Å²) in [6.45, 7) is 2.51. The molecule has 102 valence electrons. The maximum atomic E-state index is 11.7. The summed E-state index contributed by atoms with van der Waals surface area (Å²) in [5.74, 6) is 0. The number of hydrogen-bond acceptors (Lipinski definition) is 4. The fraction of sp³-hybridized carbons (Fsp3) is 0.231. The van der Waals surface area contributed by atoms with E-state index in [-0.39, 0.29) is 4.90 Å². The summed E-state index contributed by atoms with van der Waals surface area (Å²) in [5.41, 5.74) is 2.78. The first-order valence-electron chi connectivity index (χ1n) is 5.82. The zero-order valence-electron chi connectivity index (χ0n) is 10.8. The number of nitrogens with one attached hydrogen (secondary N) is 2. The van der Waals surface area contributed by atoms with E-state index in [1.807, 2.05) is 13.0 Å². The van der Waals surface area contributed by atoms with Crippen molar-refractivity contribution in [1.29, 1.82) is 0 Å². The van der Waals surface area contributed by atoms with E-state index in [0.29, 0.717) is 6.54 Å². The number of benzene rings is 1.